The van der Waals surface area contributed by atoms with Gasteiger partial charge in [-0.1, -0.05) is 75.8 Å². The van der Waals surface area contributed by atoms with E-state index in [0.717, 1.165) is 32.5 Å². The number of benzene rings is 1. The molecular weight excluding hydrogens is 417 g/mol. The summed E-state index contributed by atoms with van der Waals surface area (Å²) in [7, 11) is 0. The third-order valence-electron chi connectivity index (χ3n) is 7.75. The number of nitrogens with zero attached hydrogens (tertiary/aromatic N) is 2. The number of hydrogen-bond donors (Lipinski definition) is 1. The fraction of sp³-hybridized carbons (Fsp3) is 0.741. The topological polar surface area (TPSA) is 44.8 Å². The summed E-state index contributed by atoms with van der Waals surface area (Å²) >= 11 is 0. The highest BCUT2D eigenvalue weighted by molar-refractivity contribution is 5.83. The molecule has 3 saturated heterocycles. The van der Waals surface area contributed by atoms with Gasteiger partial charge in [-0.3, -0.25) is 14.5 Å². The van der Waals surface area contributed by atoms with Gasteiger partial charge < -0.3 is 4.90 Å². The minimum atomic E-state index is -0.742. The van der Waals surface area contributed by atoms with E-state index >= 15 is 0 Å². The Morgan fingerprint density at radius 2 is 1.76 bits per heavy atom. The van der Waals surface area contributed by atoms with Crippen LogP contribution in [0, 0.1) is 0 Å². The van der Waals surface area contributed by atoms with Crippen molar-refractivity contribution in [2.75, 3.05) is 26.2 Å². The molecule has 3 aliphatic heterocycles. The maximum absolute atomic E-state index is 14.2. The molecule has 5 nitrogen and oxygen atoms in total. The van der Waals surface area contributed by atoms with Gasteiger partial charge in [0.15, 0.2) is 0 Å². The predicted octanol–water partition coefficient (Wildman–Crippen LogP) is 4.83. The van der Waals surface area contributed by atoms with E-state index in [4.69, 9.17) is 4.84 Å². The summed E-state index contributed by atoms with van der Waals surface area (Å²) < 4.78 is 14.2. The van der Waals surface area contributed by atoms with Crippen LogP contribution < -0.4 is 5.48 Å². The third kappa shape index (κ3) is 6.55. The van der Waals surface area contributed by atoms with Crippen LogP contribution in [0.5, 0.6) is 0 Å². The van der Waals surface area contributed by atoms with Crippen molar-refractivity contribution in [3.63, 3.8) is 0 Å². The van der Waals surface area contributed by atoms with Crippen molar-refractivity contribution < 1.29 is 14.0 Å². The van der Waals surface area contributed by atoms with Crippen molar-refractivity contribution in [1.29, 1.82) is 0 Å². The van der Waals surface area contributed by atoms with E-state index < -0.39 is 6.17 Å². The summed E-state index contributed by atoms with van der Waals surface area (Å²) in [5.41, 5.74) is 4.33. The highest BCUT2D eigenvalue weighted by atomic mass is 19.1. The quantitative estimate of drug-likeness (QED) is 0.482. The first kappa shape index (κ1) is 24.6. The standard InChI is InChI=1S/C27H42FN3O2/c1-2-3-4-5-6-7-11-16-30-20-23(28)14-15-25(30)26-17-24(29-33-26)27(32)31-18-22(19-31)21-12-9-8-10-13-21/h8-10,12-13,22-26,29H,2-7,11,14-20H2,1H3. The summed E-state index contributed by atoms with van der Waals surface area (Å²) in [5.74, 6) is 0.577. The molecule has 184 valence electrons. The number of rotatable bonds is 11. The zero-order chi connectivity index (χ0) is 23.0. The number of unbranched alkanes of at least 4 members (excludes halogenated alkanes) is 6. The molecule has 1 aromatic rings. The van der Waals surface area contributed by atoms with E-state index in [1.54, 1.807) is 0 Å². The fourth-order valence-corrected chi connectivity index (χ4v) is 5.67. The lowest BCUT2D eigenvalue weighted by Crippen LogP contribution is -2.54. The maximum atomic E-state index is 14.2. The van der Waals surface area contributed by atoms with Crippen molar-refractivity contribution in [3.05, 3.63) is 35.9 Å². The summed E-state index contributed by atoms with van der Waals surface area (Å²) in [6, 6.07) is 10.3. The van der Waals surface area contributed by atoms with Gasteiger partial charge in [0.05, 0.1) is 6.10 Å². The van der Waals surface area contributed by atoms with E-state index in [1.807, 2.05) is 11.0 Å². The van der Waals surface area contributed by atoms with E-state index in [2.05, 4.69) is 41.6 Å². The van der Waals surface area contributed by atoms with E-state index in [9.17, 15) is 9.18 Å². The zero-order valence-corrected chi connectivity index (χ0v) is 20.3. The molecule has 1 N–H and O–H groups in total. The Morgan fingerprint density at radius 3 is 2.52 bits per heavy atom. The molecule has 0 radical (unpaired) electrons. The molecule has 1 amide bonds. The number of alkyl halides is 1. The van der Waals surface area contributed by atoms with Gasteiger partial charge in [0, 0.05) is 38.0 Å². The summed E-state index contributed by atoms with van der Waals surface area (Å²) in [6.07, 6.45) is 10.2. The van der Waals surface area contributed by atoms with Crippen LogP contribution in [0.4, 0.5) is 4.39 Å². The Balaban J connectivity index is 1.21. The molecule has 4 atom stereocenters. The fourth-order valence-electron chi connectivity index (χ4n) is 5.67. The predicted molar refractivity (Wildman–Crippen MR) is 130 cm³/mol. The van der Waals surface area contributed by atoms with Crippen molar-refractivity contribution in [1.82, 2.24) is 15.3 Å². The van der Waals surface area contributed by atoms with Crippen molar-refractivity contribution in [3.8, 4) is 0 Å². The molecule has 0 bridgehead atoms. The van der Waals surface area contributed by atoms with Crippen LogP contribution in [0.3, 0.4) is 0 Å². The first-order chi connectivity index (χ1) is 16.2. The average Bonchev–Trinajstić information content (AvgIpc) is 3.28. The number of nitrogens with one attached hydrogen (secondary N) is 1. The first-order valence-electron chi connectivity index (χ1n) is 13.3. The molecule has 33 heavy (non-hydrogen) atoms. The Kier molecular flexibility index (Phi) is 9.16. The molecule has 0 spiro atoms. The van der Waals surface area contributed by atoms with Gasteiger partial charge in [-0.15, -0.1) is 0 Å². The second kappa shape index (κ2) is 12.3. The van der Waals surface area contributed by atoms with Crippen LogP contribution in [0.1, 0.15) is 82.6 Å². The second-order valence-corrected chi connectivity index (χ2v) is 10.3. The Bertz CT molecular complexity index is 727. The van der Waals surface area contributed by atoms with Gasteiger partial charge in [-0.2, -0.15) is 5.48 Å². The van der Waals surface area contributed by atoms with Crippen molar-refractivity contribution in [2.45, 2.75) is 101 Å². The van der Waals surface area contributed by atoms with Gasteiger partial charge in [0.1, 0.15) is 12.2 Å². The minimum Gasteiger partial charge on any atom is -0.340 e. The average molecular weight is 460 g/mol. The second-order valence-electron chi connectivity index (χ2n) is 10.3. The lowest BCUT2D eigenvalue weighted by atomic mass is 9.89. The summed E-state index contributed by atoms with van der Waals surface area (Å²) in [5, 5.41) is 0. The van der Waals surface area contributed by atoms with E-state index in [1.165, 1.54) is 44.1 Å². The number of hydroxylamine groups is 1. The zero-order valence-electron chi connectivity index (χ0n) is 20.3. The van der Waals surface area contributed by atoms with Gasteiger partial charge in [0.25, 0.3) is 0 Å². The van der Waals surface area contributed by atoms with Crippen molar-refractivity contribution in [2.24, 2.45) is 0 Å². The molecule has 1 aromatic carbocycles. The number of carbonyl (C=O) groups excluding carboxylic acids is 1. The molecular formula is C27H42FN3O2. The highest BCUT2D eigenvalue weighted by Crippen LogP contribution is 2.31. The lowest BCUT2D eigenvalue weighted by Gasteiger charge is -2.41. The molecule has 3 fully saturated rings. The smallest absolute Gasteiger partial charge is 0.242 e. The summed E-state index contributed by atoms with van der Waals surface area (Å²) in [6.45, 7) is 5.24. The Labute approximate surface area is 199 Å². The van der Waals surface area contributed by atoms with E-state index in [0.29, 0.717) is 25.3 Å². The number of likely N-dealkylation sites (tertiary alicyclic amines) is 2. The van der Waals surface area contributed by atoms with Gasteiger partial charge >= 0.3 is 0 Å². The van der Waals surface area contributed by atoms with Crippen LogP contribution in [0.15, 0.2) is 30.3 Å². The minimum absolute atomic E-state index is 0.0396. The Morgan fingerprint density at radius 1 is 1.03 bits per heavy atom. The van der Waals surface area contributed by atoms with Crippen LogP contribution in [0.25, 0.3) is 0 Å². The van der Waals surface area contributed by atoms with Gasteiger partial charge in [-0.25, -0.2) is 4.39 Å². The number of halogens is 1. The largest absolute Gasteiger partial charge is 0.340 e. The van der Waals surface area contributed by atoms with Crippen LogP contribution in [-0.2, 0) is 9.63 Å². The van der Waals surface area contributed by atoms with Crippen molar-refractivity contribution >= 4 is 5.91 Å². The van der Waals surface area contributed by atoms with Crippen LogP contribution in [0.2, 0.25) is 0 Å². The molecule has 4 rings (SSSR count). The Hall–Kier alpha value is -1.50. The molecule has 3 heterocycles. The van der Waals surface area contributed by atoms with Gasteiger partial charge in [-0.05, 0) is 31.4 Å². The van der Waals surface area contributed by atoms with Crippen LogP contribution >= 0.6 is 0 Å². The number of carbonyl (C=O) groups is 1. The lowest BCUT2D eigenvalue weighted by molar-refractivity contribution is -0.139. The molecule has 0 saturated carbocycles. The highest BCUT2D eigenvalue weighted by Gasteiger charge is 2.43. The molecule has 0 aromatic heterocycles. The number of piperidine rings is 1. The third-order valence-corrected chi connectivity index (χ3v) is 7.75. The summed E-state index contributed by atoms with van der Waals surface area (Å²) in [4.78, 5) is 23.2. The molecule has 3 aliphatic rings. The van der Waals surface area contributed by atoms with Crippen LogP contribution in [-0.4, -0.2) is 66.2 Å². The maximum Gasteiger partial charge on any atom is 0.242 e. The first-order valence-corrected chi connectivity index (χ1v) is 13.3. The molecule has 4 unspecified atom stereocenters. The molecule has 6 heteroatoms. The molecule has 0 aliphatic carbocycles. The van der Waals surface area contributed by atoms with E-state index in [-0.39, 0.29) is 24.1 Å². The number of hydrogen-bond acceptors (Lipinski definition) is 4. The normalized spacial score (nSPS) is 28.7. The van der Waals surface area contributed by atoms with Gasteiger partial charge in [0.2, 0.25) is 5.91 Å². The SMILES string of the molecule is CCCCCCCCCN1CC(F)CCC1C1CC(C(=O)N2CC(c3ccccc3)C2)NO1. The number of amides is 1. The monoisotopic (exact) mass is 459 g/mol.